The van der Waals surface area contributed by atoms with E-state index in [9.17, 15) is 0 Å². The van der Waals surface area contributed by atoms with Gasteiger partial charge in [0.1, 0.15) is 0 Å². The molecule has 0 spiro atoms. The lowest BCUT2D eigenvalue weighted by Gasteiger charge is -2.12. The molecule has 20 heavy (non-hydrogen) atoms. The Hall–Kier alpha value is -1.76. The van der Waals surface area contributed by atoms with E-state index in [1.807, 2.05) is 31.1 Å². The lowest BCUT2D eigenvalue weighted by Crippen LogP contribution is -2.26. The van der Waals surface area contributed by atoms with Gasteiger partial charge in [-0.2, -0.15) is 4.98 Å². The first-order valence-corrected chi connectivity index (χ1v) is 7.18. The minimum atomic E-state index is -0.239. The van der Waals surface area contributed by atoms with Crippen LogP contribution in [0.15, 0.2) is 34.9 Å². The van der Waals surface area contributed by atoms with Crippen LogP contribution < -0.4 is 5.73 Å². The summed E-state index contributed by atoms with van der Waals surface area (Å²) in [4.78, 5) is 7.38. The number of hydrogen-bond acceptors (Lipinski definition) is 6. The van der Waals surface area contributed by atoms with Gasteiger partial charge in [0.05, 0.1) is 10.9 Å². The van der Waals surface area contributed by atoms with Gasteiger partial charge in [-0.3, -0.25) is 0 Å². The van der Waals surface area contributed by atoms with Crippen molar-refractivity contribution in [3.8, 4) is 10.8 Å². The normalized spacial score (nSPS) is 13.2. The molecule has 104 valence electrons. The molecule has 3 aromatic rings. The second-order valence-corrected chi connectivity index (χ2v) is 6.06. The predicted molar refractivity (Wildman–Crippen MR) is 80.6 cm³/mol. The molecule has 0 aliphatic carbocycles. The molecule has 0 fully saturated rings. The van der Waals surface area contributed by atoms with Crippen LogP contribution in [0.1, 0.15) is 11.9 Å². The van der Waals surface area contributed by atoms with E-state index in [0.29, 0.717) is 18.3 Å². The van der Waals surface area contributed by atoms with Gasteiger partial charge in [0.15, 0.2) is 5.82 Å². The second-order valence-electron chi connectivity index (χ2n) is 4.97. The maximum atomic E-state index is 6.04. The molecule has 1 atom stereocenters. The van der Waals surface area contributed by atoms with Crippen molar-refractivity contribution in [2.75, 3.05) is 20.6 Å². The fraction of sp³-hybridized carbons (Fsp3) is 0.286. The number of nitrogens with zero attached hydrogens (tertiary/aromatic N) is 3. The molecule has 0 amide bonds. The van der Waals surface area contributed by atoms with Gasteiger partial charge in [-0.15, -0.1) is 11.3 Å². The van der Waals surface area contributed by atoms with E-state index in [2.05, 4.69) is 28.3 Å². The van der Waals surface area contributed by atoms with Crippen molar-refractivity contribution in [2.24, 2.45) is 5.73 Å². The minimum absolute atomic E-state index is 0.239. The molecule has 3 rings (SSSR count). The molecule has 0 saturated carbocycles. The van der Waals surface area contributed by atoms with Crippen molar-refractivity contribution in [1.82, 2.24) is 15.0 Å². The predicted octanol–water partition coefficient (Wildman–Crippen LogP) is 2.51. The van der Waals surface area contributed by atoms with Gasteiger partial charge >= 0.3 is 0 Å². The Morgan fingerprint density at radius 2 is 2.15 bits per heavy atom. The highest BCUT2D eigenvalue weighted by Gasteiger charge is 2.17. The quantitative estimate of drug-likeness (QED) is 0.799. The van der Waals surface area contributed by atoms with Crippen LogP contribution in [-0.2, 0) is 0 Å². The van der Waals surface area contributed by atoms with Gasteiger partial charge in [0.2, 0.25) is 0 Å². The molecule has 0 aliphatic heterocycles. The van der Waals surface area contributed by atoms with Gasteiger partial charge in [-0.05, 0) is 31.6 Å². The summed E-state index contributed by atoms with van der Waals surface area (Å²) in [7, 11) is 3.93. The lowest BCUT2D eigenvalue weighted by molar-refractivity contribution is 0.357. The highest BCUT2D eigenvalue weighted by Crippen LogP contribution is 2.32. The first kappa shape index (κ1) is 13.2. The number of thiophene rings is 1. The average molecular weight is 288 g/mol. The molecule has 1 aromatic carbocycles. The third-order valence-corrected chi connectivity index (χ3v) is 4.08. The van der Waals surface area contributed by atoms with Crippen molar-refractivity contribution in [3.05, 3.63) is 36.2 Å². The molecule has 6 heteroatoms. The summed E-state index contributed by atoms with van der Waals surface area (Å²) >= 11 is 1.64. The number of benzene rings is 1. The van der Waals surface area contributed by atoms with E-state index in [4.69, 9.17) is 10.3 Å². The molecule has 0 radical (unpaired) electrons. The highest BCUT2D eigenvalue weighted by molar-refractivity contribution is 7.22. The Kier molecular flexibility index (Phi) is 3.52. The van der Waals surface area contributed by atoms with E-state index in [0.717, 1.165) is 4.88 Å². The number of hydrogen-bond donors (Lipinski definition) is 1. The summed E-state index contributed by atoms with van der Waals surface area (Å²) in [5.74, 6) is 1.08. The molecule has 0 bridgehead atoms. The van der Waals surface area contributed by atoms with Gasteiger partial charge in [-0.25, -0.2) is 0 Å². The van der Waals surface area contributed by atoms with Crippen molar-refractivity contribution in [3.63, 3.8) is 0 Å². The molecular formula is C14H16N4OS. The molecule has 0 saturated heterocycles. The van der Waals surface area contributed by atoms with Crippen molar-refractivity contribution < 1.29 is 4.52 Å². The smallest absolute Gasteiger partial charge is 0.268 e. The molecule has 2 heterocycles. The molecule has 2 aromatic heterocycles. The number of likely N-dealkylation sites (N-methyl/N-ethyl adjacent to an activating group) is 1. The Bertz CT molecular complexity index is 686. The van der Waals surface area contributed by atoms with Gasteiger partial charge in [0.25, 0.3) is 5.89 Å². The van der Waals surface area contributed by atoms with Crippen molar-refractivity contribution >= 4 is 21.4 Å². The van der Waals surface area contributed by atoms with Crippen LogP contribution in [0.4, 0.5) is 0 Å². The van der Waals surface area contributed by atoms with Crippen LogP contribution in [0.3, 0.4) is 0 Å². The van der Waals surface area contributed by atoms with Crippen LogP contribution in [0.25, 0.3) is 20.9 Å². The molecule has 1 unspecified atom stereocenters. The summed E-state index contributed by atoms with van der Waals surface area (Å²) < 4.78 is 6.54. The van der Waals surface area contributed by atoms with Gasteiger partial charge in [-0.1, -0.05) is 23.4 Å². The summed E-state index contributed by atoms with van der Waals surface area (Å²) in [6.07, 6.45) is 0. The largest absolute Gasteiger partial charge is 0.333 e. The minimum Gasteiger partial charge on any atom is -0.333 e. The first-order chi connectivity index (χ1) is 9.63. The van der Waals surface area contributed by atoms with Crippen LogP contribution >= 0.6 is 11.3 Å². The standard InChI is InChI=1S/C14H16N4OS/c1-18(2)8-10(15)13-16-14(19-17-13)12-7-9-5-3-4-6-11(9)20-12/h3-7,10H,8,15H2,1-2H3. The summed E-state index contributed by atoms with van der Waals surface area (Å²) in [5, 5.41) is 5.17. The highest BCUT2D eigenvalue weighted by atomic mass is 32.1. The number of aromatic nitrogens is 2. The topological polar surface area (TPSA) is 68.2 Å². The first-order valence-electron chi connectivity index (χ1n) is 6.36. The van der Waals surface area contributed by atoms with E-state index in [1.165, 1.54) is 10.1 Å². The number of nitrogens with two attached hydrogens (primary N) is 1. The monoisotopic (exact) mass is 288 g/mol. The lowest BCUT2D eigenvalue weighted by atomic mass is 10.2. The zero-order chi connectivity index (χ0) is 14.1. The van der Waals surface area contributed by atoms with E-state index in [1.54, 1.807) is 11.3 Å². The fourth-order valence-corrected chi connectivity index (χ4v) is 3.03. The Morgan fingerprint density at radius 3 is 2.90 bits per heavy atom. The van der Waals surface area contributed by atoms with Gasteiger partial charge < -0.3 is 15.2 Å². The number of rotatable bonds is 4. The van der Waals surface area contributed by atoms with Crippen LogP contribution in [-0.4, -0.2) is 35.7 Å². The summed E-state index contributed by atoms with van der Waals surface area (Å²) in [6, 6.07) is 10.0. The van der Waals surface area contributed by atoms with Crippen molar-refractivity contribution in [2.45, 2.75) is 6.04 Å². The molecule has 0 aliphatic rings. The van der Waals surface area contributed by atoms with Crippen LogP contribution in [0.5, 0.6) is 0 Å². The second kappa shape index (κ2) is 5.32. The van der Waals surface area contributed by atoms with E-state index < -0.39 is 0 Å². The van der Waals surface area contributed by atoms with Crippen LogP contribution in [0, 0.1) is 0 Å². The summed E-state index contributed by atoms with van der Waals surface area (Å²) in [5.41, 5.74) is 6.04. The SMILES string of the molecule is CN(C)CC(N)c1noc(-c2cc3ccccc3s2)n1. The number of fused-ring (bicyclic) bond motifs is 1. The maximum absolute atomic E-state index is 6.04. The summed E-state index contributed by atoms with van der Waals surface area (Å²) in [6.45, 7) is 0.686. The molecular weight excluding hydrogens is 272 g/mol. The van der Waals surface area contributed by atoms with Crippen LogP contribution in [0.2, 0.25) is 0 Å². The Labute approximate surface area is 121 Å². The third kappa shape index (κ3) is 2.58. The third-order valence-electron chi connectivity index (χ3n) is 2.97. The maximum Gasteiger partial charge on any atom is 0.268 e. The van der Waals surface area contributed by atoms with E-state index >= 15 is 0 Å². The fourth-order valence-electron chi connectivity index (χ4n) is 2.05. The molecule has 2 N–H and O–H groups in total. The zero-order valence-corrected chi connectivity index (χ0v) is 12.2. The Balaban J connectivity index is 1.89. The molecule has 5 nitrogen and oxygen atoms in total. The van der Waals surface area contributed by atoms with Gasteiger partial charge in [0, 0.05) is 11.2 Å². The zero-order valence-electron chi connectivity index (χ0n) is 11.4. The average Bonchev–Trinajstić information content (AvgIpc) is 3.04. The van der Waals surface area contributed by atoms with E-state index in [-0.39, 0.29) is 6.04 Å². The Morgan fingerprint density at radius 1 is 1.35 bits per heavy atom. The van der Waals surface area contributed by atoms with Crippen molar-refractivity contribution in [1.29, 1.82) is 0 Å².